The second-order valence-corrected chi connectivity index (χ2v) is 7.26. The highest BCUT2D eigenvalue weighted by Crippen LogP contribution is 2.31. The van der Waals surface area contributed by atoms with Gasteiger partial charge in [0.15, 0.2) is 5.78 Å². The van der Waals surface area contributed by atoms with Crippen molar-refractivity contribution >= 4 is 17.6 Å². The molecule has 0 bridgehead atoms. The van der Waals surface area contributed by atoms with Crippen LogP contribution in [0.4, 0.5) is 5.95 Å². The number of hydrogen-bond donors (Lipinski definition) is 1. The molecule has 0 fully saturated rings. The van der Waals surface area contributed by atoms with Gasteiger partial charge in [-0.2, -0.15) is 0 Å². The van der Waals surface area contributed by atoms with Crippen molar-refractivity contribution < 1.29 is 9.59 Å². The summed E-state index contributed by atoms with van der Waals surface area (Å²) in [6.07, 6.45) is 6.38. The highest BCUT2D eigenvalue weighted by atomic mass is 16.2. The van der Waals surface area contributed by atoms with Crippen LogP contribution in [0.3, 0.4) is 0 Å². The fraction of sp³-hybridized carbons (Fsp3) is 0.455. The summed E-state index contributed by atoms with van der Waals surface area (Å²) in [5.41, 5.74) is 2.46. The van der Waals surface area contributed by atoms with Crippen molar-refractivity contribution in [2.75, 3.05) is 5.32 Å². The van der Waals surface area contributed by atoms with Crippen molar-refractivity contribution in [2.45, 2.75) is 58.3 Å². The third kappa shape index (κ3) is 4.59. The summed E-state index contributed by atoms with van der Waals surface area (Å²) >= 11 is 0. The van der Waals surface area contributed by atoms with Gasteiger partial charge in [0.2, 0.25) is 11.9 Å². The number of anilines is 1. The molecule has 0 spiro atoms. The predicted octanol–water partition coefficient (Wildman–Crippen LogP) is 4.54. The highest BCUT2D eigenvalue weighted by Gasteiger charge is 2.28. The average molecular weight is 365 g/mol. The molecular weight excluding hydrogens is 338 g/mol. The molecule has 1 aliphatic rings. The van der Waals surface area contributed by atoms with Crippen LogP contribution >= 0.6 is 0 Å². The van der Waals surface area contributed by atoms with Crippen LogP contribution in [0.15, 0.2) is 36.5 Å². The highest BCUT2D eigenvalue weighted by molar-refractivity contribution is 5.99. The fourth-order valence-corrected chi connectivity index (χ4v) is 3.78. The minimum absolute atomic E-state index is 0.0154. The first-order valence-electron chi connectivity index (χ1n) is 9.87. The van der Waals surface area contributed by atoms with E-state index in [0.29, 0.717) is 24.4 Å². The van der Waals surface area contributed by atoms with Gasteiger partial charge < -0.3 is 0 Å². The molecule has 1 N–H and O–H groups in total. The smallest absolute Gasteiger partial charge is 0.229 e. The second-order valence-electron chi connectivity index (χ2n) is 7.26. The fourth-order valence-electron chi connectivity index (χ4n) is 3.78. The van der Waals surface area contributed by atoms with Gasteiger partial charge in [0.1, 0.15) is 0 Å². The van der Waals surface area contributed by atoms with Crippen molar-refractivity contribution in [3.05, 3.63) is 53.3 Å². The first-order chi connectivity index (χ1) is 13.1. The summed E-state index contributed by atoms with van der Waals surface area (Å²) in [6.45, 7) is 4.17. The van der Waals surface area contributed by atoms with Crippen LogP contribution in [0.5, 0.6) is 0 Å². The Bertz CT molecular complexity index is 798. The summed E-state index contributed by atoms with van der Waals surface area (Å²) in [6, 6.07) is 10.0. The van der Waals surface area contributed by atoms with Gasteiger partial charge in [-0.05, 0) is 30.7 Å². The number of rotatable bonds is 7. The summed E-state index contributed by atoms with van der Waals surface area (Å²) in [7, 11) is 0. The largest absolute Gasteiger partial charge is 0.294 e. The van der Waals surface area contributed by atoms with Gasteiger partial charge in [0.05, 0.1) is 11.3 Å². The predicted molar refractivity (Wildman–Crippen MR) is 106 cm³/mol. The molecular formula is C22H27N3O2. The Morgan fingerprint density at radius 2 is 1.85 bits per heavy atom. The number of hydrogen-bond acceptors (Lipinski definition) is 4. The van der Waals surface area contributed by atoms with Crippen molar-refractivity contribution in [1.29, 1.82) is 0 Å². The van der Waals surface area contributed by atoms with E-state index in [-0.39, 0.29) is 23.5 Å². The maximum absolute atomic E-state index is 12.6. The second kappa shape index (κ2) is 8.89. The van der Waals surface area contributed by atoms with Gasteiger partial charge in [0, 0.05) is 18.5 Å². The zero-order valence-corrected chi connectivity index (χ0v) is 16.1. The lowest BCUT2D eigenvalue weighted by Gasteiger charge is -2.23. The molecule has 2 aromatic rings. The number of benzene rings is 1. The molecule has 5 nitrogen and oxygen atoms in total. The standard InChI is InChI=1S/C22H27N3O2/c1-3-8-16(9-4-2)21(27)25-22-23-14-18-19(24-22)12-17(13-20(18)26)15-10-6-5-7-11-15/h5-7,10-11,14,16-17H,3-4,8-9,12-13H2,1-2H3,(H,23,24,25,27)/t17-/m0/s1. The lowest BCUT2D eigenvalue weighted by atomic mass is 9.82. The van der Waals surface area contributed by atoms with Crippen molar-refractivity contribution in [3.63, 3.8) is 0 Å². The Kier molecular flexibility index (Phi) is 6.32. The van der Waals surface area contributed by atoms with Crippen LogP contribution in [-0.4, -0.2) is 21.7 Å². The lowest BCUT2D eigenvalue weighted by molar-refractivity contribution is -0.120. The molecule has 1 atom stereocenters. The number of carbonyl (C=O) groups is 2. The Labute approximate surface area is 160 Å². The molecule has 142 valence electrons. The van der Waals surface area contributed by atoms with E-state index in [2.05, 4.69) is 29.1 Å². The molecule has 0 saturated heterocycles. The Morgan fingerprint density at radius 3 is 2.52 bits per heavy atom. The normalized spacial score (nSPS) is 16.3. The van der Waals surface area contributed by atoms with Gasteiger partial charge in [0.25, 0.3) is 0 Å². The number of aromatic nitrogens is 2. The minimum Gasteiger partial charge on any atom is -0.294 e. The van der Waals surface area contributed by atoms with Crippen LogP contribution in [0.1, 0.15) is 73.5 Å². The topological polar surface area (TPSA) is 72.0 Å². The Balaban J connectivity index is 1.78. The molecule has 5 heteroatoms. The third-order valence-electron chi connectivity index (χ3n) is 5.19. The molecule has 0 saturated carbocycles. The molecule has 0 radical (unpaired) electrons. The van der Waals surface area contributed by atoms with Gasteiger partial charge in [-0.1, -0.05) is 57.0 Å². The van der Waals surface area contributed by atoms with Crippen LogP contribution in [0.25, 0.3) is 0 Å². The van der Waals surface area contributed by atoms with Crippen LogP contribution in [-0.2, 0) is 11.2 Å². The van der Waals surface area contributed by atoms with Gasteiger partial charge in [-0.15, -0.1) is 0 Å². The molecule has 1 aliphatic carbocycles. The van der Waals surface area contributed by atoms with Crippen molar-refractivity contribution in [1.82, 2.24) is 9.97 Å². The molecule has 1 amide bonds. The average Bonchev–Trinajstić information content (AvgIpc) is 2.68. The van der Waals surface area contributed by atoms with E-state index in [4.69, 9.17) is 0 Å². The van der Waals surface area contributed by atoms with E-state index in [1.54, 1.807) is 6.20 Å². The summed E-state index contributed by atoms with van der Waals surface area (Å²) in [4.78, 5) is 33.8. The molecule has 0 aliphatic heterocycles. The van der Waals surface area contributed by atoms with Gasteiger partial charge >= 0.3 is 0 Å². The summed E-state index contributed by atoms with van der Waals surface area (Å²) < 4.78 is 0. The molecule has 27 heavy (non-hydrogen) atoms. The number of fused-ring (bicyclic) bond motifs is 1. The van der Waals surface area contributed by atoms with Crippen molar-refractivity contribution in [2.24, 2.45) is 5.92 Å². The summed E-state index contributed by atoms with van der Waals surface area (Å²) in [5.74, 6) is 0.451. The van der Waals surface area contributed by atoms with E-state index in [9.17, 15) is 9.59 Å². The van der Waals surface area contributed by atoms with Gasteiger partial charge in [-0.25, -0.2) is 9.97 Å². The summed E-state index contributed by atoms with van der Waals surface area (Å²) in [5, 5.41) is 2.86. The van der Waals surface area contributed by atoms with Crippen molar-refractivity contribution in [3.8, 4) is 0 Å². The van der Waals surface area contributed by atoms with Crippen LogP contribution < -0.4 is 5.32 Å². The number of Topliss-reactive ketones (excluding diaryl/α,β-unsaturated/α-hetero) is 1. The van der Waals surface area contributed by atoms with Gasteiger partial charge in [-0.3, -0.25) is 14.9 Å². The molecule has 1 heterocycles. The molecule has 0 unspecified atom stereocenters. The zero-order chi connectivity index (χ0) is 19.2. The SMILES string of the molecule is CCCC(CCC)C(=O)Nc1ncc2c(n1)C[C@H](c1ccccc1)CC2=O. The van der Waals surface area contributed by atoms with E-state index in [0.717, 1.165) is 36.9 Å². The zero-order valence-electron chi connectivity index (χ0n) is 16.1. The lowest BCUT2D eigenvalue weighted by Crippen LogP contribution is -2.26. The van der Waals surface area contributed by atoms with E-state index >= 15 is 0 Å². The molecule has 3 rings (SSSR count). The minimum atomic E-state index is -0.0274. The number of nitrogens with zero attached hydrogens (tertiary/aromatic N) is 2. The van der Waals surface area contributed by atoms with E-state index in [1.807, 2.05) is 30.3 Å². The van der Waals surface area contributed by atoms with Crippen LogP contribution in [0, 0.1) is 5.92 Å². The number of amides is 1. The van der Waals surface area contributed by atoms with E-state index < -0.39 is 0 Å². The first-order valence-corrected chi connectivity index (χ1v) is 9.87. The maximum Gasteiger partial charge on any atom is 0.229 e. The van der Waals surface area contributed by atoms with Crippen LogP contribution in [0.2, 0.25) is 0 Å². The third-order valence-corrected chi connectivity index (χ3v) is 5.19. The number of nitrogens with one attached hydrogen (secondary N) is 1. The molecule has 1 aromatic heterocycles. The maximum atomic E-state index is 12.6. The van der Waals surface area contributed by atoms with E-state index in [1.165, 1.54) is 0 Å². The first kappa shape index (κ1) is 19.2. The Morgan fingerprint density at radius 1 is 1.15 bits per heavy atom. The molecule has 1 aromatic carbocycles. The quantitative estimate of drug-likeness (QED) is 0.781. The Hall–Kier alpha value is -2.56. The number of carbonyl (C=O) groups excluding carboxylic acids is 2. The monoisotopic (exact) mass is 365 g/mol. The number of ketones is 1.